The number of aliphatic imine (C=N–C) groups is 1. The van der Waals surface area contributed by atoms with E-state index in [0.717, 1.165) is 13.0 Å². The van der Waals surface area contributed by atoms with Crippen LogP contribution >= 0.6 is 12.4 Å². The fraction of sp³-hybridized carbons (Fsp3) is 0.667. The van der Waals surface area contributed by atoms with Gasteiger partial charge in [-0.1, -0.05) is 5.16 Å². The van der Waals surface area contributed by atoms with Crippen molar-refractivity contribution in [2.24, 2.45) is 10.1 Å². The highest BCUT2D eigenvalue weighted by molar-refractivity contribution is 5.85. The molecule has 0 fully saturated rings. The van der Waals surface area contributed by atoms with E-state index in [1.807, 2.05) is 0 Å². The Balaban J connectivity index is 0.000001000. The molecule has 0 aromatic carbocycles. The summed E-state index contributed by atoms with van der Waals surface area (Å²) in [5, 5.41) is 6.63. The lowest BCUT2D eigenvalue weighted by atomic mass is 10.2. The second kappa shape index (κ2) is 5.97. The zero-order valence-corrected chi connectivity index (χ0v) is 7.17. The Labute approximate surface area is 72.1 Å². The van der Waals surface area contributed by atoms with Gasteiger partial charge in [0.1, 0.15) is 7.11 Å². The van der Waals surface area contributed by atoms with Crippen LogP contribution in [0.25, 0.3) is 0 Å². The van der Waals surface area contributed by atoms with Crippen LogP contribution in [0.1, 0.15) is 6.42 Å². The fourth-order valence-electron chi connectivity index (χ4n) is 0.763. The highest BCUT2D eigenvalue weighted by Gasteiger charge is 2.04. The Morgan fingerprint density at radius 3 is 3.18 bits per heavy atom. The molecule has 0 aromatic heterocycles. The average molecular weight is 178 g/mol. The molecule has 0 bridgehead atoms. The Hall–Kier alpha value is -0.770. The highest BCUT2D eigenvalue weighted by Crippen LogP contribution is 1.95. The van der Waals surface area contributed by atoms with Gasteiger partial charge in [0.25, 0.3) is 0 Å². The van der Waals surface area contributed by atoms with Crippen LogP contribution < -0.4 is 5.32 Å². The third-order valence-corrected chi connectivity index (χ3v) is 1.28. The lowest BCUT2D eigenvalue weighted by Crippen LogP contribution is -2.25. The van der Waals surface area contributed by atoms with Gasteiger partial charge in [-0.15, -0.1) is 12.4 Å². The summed E-state index contributed by atoms with van der Waals surface area (Å²) in [6.07, 6.45) is 4.40. The number of oxime groups is 1. The van der Waals surface area contributed by atoms with E-state index in [1.54, 1.807) is 12.6 Å². The first-order chi connectivity index (χ1) is 4.93. The molecule has 1 unspecified atom stereocenters. The molecule has 0 saturated carbocycles. The molecular formula is C6H12ClN3O. The summed E-state index contributed by atoms with van der Waals surface area (Å²) < 4.78 is 0. The summed E-state index contributed by atoms with van der Waals surface area (Å²) in [5.74, 6) is 0. The predicted octanol–water partition coefficient (Wildman–Crippen LogP) is 0.431. The Bertz CT molecular complexity index is 149. The van der Waals surface area contributed by atoms with Crippen molar-refractivity contribution in [3.8, 4) is 0 Å². The van der Waals surface area contributed by atoms with Gasteiger partial charge in [-0.2, -0.15) is 0 Å². The van der Waals surface area contributed by atoms with Crippen molar-refractivity contribution < 1.29 is 4.84 Å². The highest BCUT2D eigenvalue weighted by atomic mass is 35.5. The zero-order valence-electron chi connectivity index (χ0n) is 6.36. The minimum absolute atomic E-state index is 0. The summed E-state index contributed by atoms with van der Waals surface area (Å²) in [6.45, 7) is 0.962. The molecular weight excluding hydrogens is 166 g/mol. The van der Waals surface area contributed by atoms with Crippen LogP contribution in [0.2, 0.25) is 0 Å². The quantitative estimate of drug-likeness (QED) is 0.491. The Kier molecular flexibility index (Phi) is 5.56. The molecule has 1 rings (SSSR count). The lowest BCUT2D eigenvalue weighted by molar-refractivity contribution is 0.214. The van der Waals surface area contributed by atoms with Gasteiger partial charge in [-0.3, -0.25) is 4.99 Å². The summed E-state index contributed by atoms with van der Waals surface area (Å²) >= 11 is 0. The van der Waals surface area contributed by atoms with Gasteiger partial charge in [0, 0.05) is 6.54 Å². The first kappa shape index (κ1) is 10.2. The maximum Gasteiger partial charge on any atom is 0.106 e. The van der Waals surface area contributed by atoms with Gasteiger partial charge in [0.15, 0.2) is 0 Å². The van der Waals surface area contributed by atoms with Crippen molar-refractivity contribution in [3.63, 3.8) is 0 Å². The topological polar surface area (TPSA) is 46.0 Å². The number of nitrogens with zero attached hydrogens (tertiary/aromatic N) is 2. The minimum Gasteiger partial charge on any atom is -0.399 e. The number of nitrogens with one attached hydrogen (secondary N) is 1. The molecule has 11 heavy (non-hydrogen) atoms. The Morgan fingerprint density at radius 1 is 1.82 bits per heavy atom. The van der Waals surface area contributed by atoms with Gasteiger partial charge >= 0.3 is 0 Å². The van der Waals surface area contributed by atoms with Gasteiger partial charge in [-0.05, 0) is 6.42 Å². The third-order valence-electron chi connectivity index (χ3n) is 1.28. The molecule has 0 aliphatic carbocycles. The molecule has 5 heteroatoms. The molecule has 64 valence electrons. The first-order valence-electron chi connectivity index (χ1n) is 3.25. The number of hydrogen-bond acceptors (Lipinski definition) is 4. The van der Waals surface area contributed by atoms with Gasteiger partial charge in [0.05, 0.1) is 18.6 Å². The molecule has 0 spiro atoms. The van der Waals surface area contributed by atoms with Crippen LogP contribution in [0.5, 0.6) is 0 Å². The maximum absolute atomic E-state index is 4.52. The molecule has 0 radical (unpaired) electrons. The first-order valence-corrected chi connectivity index (χ1v) is 3.25. The molecule has 1 aliphatic heterocycles. The van der Waals surface area contributed by atoms with E-state index in [1.165, 1.54) is 7.11 Å². The van der Waals surface area contributed by atoms with E-state index < -0.39 is 0 Å². The molecule has 1 heterocycles. The maximum atomic E-state index is 4.52. The SMILES string of the molecule is CO/N=C/C1CCNC=N1.Cl. The number of halogens is 1. The van der Waals surface area contributed by atoms with Crippen LogP contribution in [-0.4, -0.2) is 32.2 Å². The summed E-state index contributed by atoms with van der Waals surface area (Å²) in [7, 11) is 1.53. The van der Waals surface area contributed by atoms with Gasteiger partial charge in [0.2, 0.25) is 0 Å². The largest absolute Gasteiger partial charge is 0.399 e. The third kappa shape index (κ3) is 3.83. The molecule has 1 atom stereocenters. The zero-order chi connectivity index (χ0) is 7.23. The van der Waals surface area contributed by atoms with E-state index in [4.69, 9.17) is 0 Å². The van der Waals surface area contributed by atoms with Crippen LogP contribution in [-0.2, 0) is 4.84 Å². The van der Waals surface area contributed by atoms with E-state index in [0.29, 0.717) is 0 Å². The van der Waals surface area contributed by atoms with E-state index in [9.17, 15) is 0 Å². The average Bonchev–Trinajstić information content (AvgIpc) is 2.03. The Morgan fingerprint density at radius 2 is 2.64 bits per heavy atom. The van der Waals surface area contributed by atoms with Gasteiger partial charge < -0.3 is 10.2 Å². The van der Waals surface area contributed by atoms with E-state index in [2.05, 4.69) is 20.3 Å². The fourth-order valence-corrected chi connectivity index (χ4v) is 0.763. The number of hydrogen-bond donors (Lipinski definition) is 1. The van der Waals surface area contributed by atoms with E-state index >= 15 is 0 Å². The van der Waals surface area contributed by atoms with Crippen molar-refractivity contribution in [2.45, 2.75) is 12.5 Å². The second-order valence-corrected chi connectivity index (χ2v) is 2.03. The van der Waals surface area contributed by atoms with Crippen molar-refractivity contribution >= 4 is 25.0 Å². The summed E-state index contributed by atoms with van der Waals surface area (Å²) in [5.41, 5.74) is 0. The molecule has 0 amide bonds. The lowest BCUT2D eigenvalue weighted by Gasteiger charge is -2.11. The standard InChI is InChI=1S/C6H11N3O.ClH/c1-10-9-4-6-2-3-7-5-8-6;/h4-6H,2-3H2,1H3,(H,7,8);1H/b9-4+;. The van der Waals surface area contributed by atoms with Crippen LogP contribution in [0.4, 0.5) is 0 Å². The molecule has 0 saturated heterocycles. The monoisotopic (exact) mass is 177 g/mol. The van der Waals surface area contributed by atoms with Crippen LogP contribution in [0.3, 0.4) is 0 Å². The summed E-state index contributed by atoms with van der Waals surface area (Å²) in [4.78, 5) is 8.62. The van der Waals surface area contributed by atoms with Crippen LogP contribution in [0, 0.1) is 0 Å². The normalized spacial score (nSPS) is 22.5. The van der Waals surface area contributed by atoms with Gasteiger partial charge in [-0.25, -0.2) is 0 Å². The van der Waals surface area contributed by atoms with Crippen LogP contribution in [0.15, 0.2) is 10.1 Å². The smallest absolute Gasteiger partial charge is 0.106 e. The van der Waals surface area contributed by atoms with Crippen molar-refractivity contribution in [2.75, 3.05) is 13.7 Å². The minimum atomic E-state index is 0. The molecule has 1 N–H and O–H groups in total. The molecule has 4 nitrogen and oxygen atoms in total. The van der Waals surface area contributed by atoms with Crippen molar-refractivity contribution in [3.05, 3.63) is 0 Å². The van der Waals surface area contributed by atoms with Crippen molar-refractivity contribution in [1.29, 1.82) is 0 Å². The van der Waals surface area contributed by atoms with Crippen molar-refractivity contribution in [1.82, 2.24) is 5.32 Å². The number of rotatable bonds is 2. The summed E-state index contributed by atoms with van der Waals surface area (Å²) in [6, 6.07) is 0.196. The molecule has 1 aliphatic rings. The van der Waals surface area contributed by atoms with E-state index in [-0.39, 0.29) is 18.4 Å². The molecule has 0 aromatic rings. The predicted molar refractivity (Wildman–Crippen MR) is 47.6 cm³/mol. The second-order valence-electron chi connectivity index (χ2n) is 2.03.